The maximum absolute atomic E-state index is 13.5. The number of nitrogens with zero attached hydrogens (tertiary/aromatic N) is 1. The van der Waals surface area contributed by atoms with Gasteiger partial charge in [0, 0.05) is 10.6 Å². The van der Waals surface area contributed by atoms with Gasteiger partial charge in [-0.15, -0.1) is 0 Å². The molecule has 8 heteroatoms. The summed E-state index contributed by atoms with van der Waals surface area (Å²) < 4.78 is 18.9. The Bertz CT molecular complexity index is 1000. The Hall–Kier alpha value is -2.74. The summed E-state index contributed by atoms with van der Waals surface area (Å²) in [5, 5.41) is 13.7. The van der Waals surface area contributed by atoms with Crippen molar-refractivity contribution >= 4 is 29.1 Å². The summed E-state index contributed by atoms with van der Waals surface area (Å²) in [7, 11) is 0. The Morgan fingerprint density at radius 2 is 1.74 bits per heavy atom. The molecule has 0 radical (unpaired) electrons. The highest BCUT2D eigenvalue weighted by Gasteiger charge is 2.44. The third-order valence-electron chi connectivity index (χ3n) is 5.73. The van der Waals surface area contributed by atoms with E-state index in [-0.39, 0.29) is 11.1 Å². The van der Waals surface area contributed by atoms with Gasteiger partial charge in [0.1, 0.15) is 18.9 Å². The Labute approximate surface area is 184 Å². The summed E-state index contributed by atoms with van der Waals surface area (Å²) >= 11 is 5.91. The quantitative estimate of drug-likeness (QED) is 0.417. The predicted molar refractivity (Wildman–Crippen MR) is 111 cm³/mol. The average Bonchev–Trinajstić information content (AvgIpc) is 3.04. The van der Waals surface area contributed by atoms with Crippen molar-refractivity contribution in [2.45, 2.75) is 6.04 Å². The number of amides is 1. The highest BCUT2D eigenvalue weighted by Crippen LogP contribution is 2.38. The molecule has 2 fully saturated rings. The molecule has 0 spiro atoms. The van der Waals surface area contributed by atoms with E-state index in [1.807, 2.05) is 0 Å². The summed E-state index contributed by atoms with van der Waals surface area (Å²) in [6.45, 7) is 3.86. The fraction of sp³-hybridized carbons (Fsp3) is 0.304. The molecule has 0 aliphatic carbocycles. The number of quaternary nitrogens is 1. The zero-order valence-corrected chi connectivity index (χ0v) is 17.5. The Balaban J connectivity index is 1.72. The molecule has 6 nitrogen and oxygen atoms in total. The first-order valence-corrected chi connectivity index (χ1v) is 10.5. The van der Waals surface area contributed by atoms with Crippen LogP contribution in [-0.4, -0.2) is 56.0 Å². The molecule has 31 heavy (non-hydrogen) atoms. The highest BCUT2D eigenvalue weighted by molar-refractivity contribution is 6.46. The lowest BCUT2D eigenvalue weighted by atomic mass is 9.95. The number of benzene rings is 2. The molecule has 2 aromatic rings. The van der Waals surface area contributed by atoms with Crippen molar-refractivity contribution in [2.24, 2.45) is 0 Å². The number of carbonyl (C=O) groups excluding carboxylic acids is 2. The fourth-order valence-corrected chi connectivity index (χ4v) is 4.16. The van der Waals surface area contributed by atoms with Crippen molar-refractivity contribution in [3.63, 3.8) is 0 Å². The van der Waals surface area contributed by atoms with Gasteiger partial charge < -0.3 is 19.6 Å². The third-order valence-corrected chi connectivity index (χ3v) is 5.98. The zero-order valence-electron chi connectivity index (χ0n) is 16.8. The van der Waals surface area contributed by atoms with Crippen molar-refractivity contribution in [1.82, 2.24) is 4.90 Å². The number of morpholine rings is 1. The van der Waals surface area contributed by atoms with Crippen molar-refractivity contribution in [3.8, 4) is 0 Å². The van der Waals surface area contributed by atoms with Gasteiger partial charge in [-0.3, -0.25) is 9.59 Å². The molecule has 1 amide bonds. The Kier molecular flexibility index (Phi) is 6.36. The normalized spacial score (nSPS) is 21.6. The van der Waals surface area contributed by atoms with Gasteiger partial charge in [-0.1, -0.05) is 41.6 Å². The molecule has 2 saturated heterocycles. The van der Waals surface area contributed by atoms with E-state index in [2.05, 4.69) is 0 Å². The lowest BCUT2D eigenvalue weighted by molar-refractivity contribution is -0.907. The van der Waals surface area contributed by atoms with E-state index in [0.29, 0.717) is 36.9 Å². The molecular weight excluding hydrogens is 423 g/mol. The van der Waals surface area contributed by atoms with Crippen LogP contribution < -0.4 is 10.0 Å². The topological polar surface area (TPSA) is 74.1 Å². The smallest absolute Gasteiger partial charge is 0.295 e. The Morgan fingerprint density at radius 3 is 2.39 bits per heavy atom. The first-order chi connectivity index (χ1) is 15.0. The van der Waals surface area contributed by atoms with Crippen LogP contribution in [0.5, 0.6) is 0 Å². The van der Waals surface area contributed by atoms with Gasteiger partial charge in [-0.2, -0.15) is 0 Å². The molecule has 2 aliphatic heterocycles. The van der Waals surface area contributed by atoms with Crippen LogP contribution in [0.3, 0.4) is 0 Å². The highest BCUT2D eigenvalue weighted by atomic mass is 35.5. The number of ketones is 1. The van der Waals surface area contributed by atoms with Crippen molar-refractivity contribution < 1.29 is 28.7 Å². The summed E-state index contributed by atoms with van der Waals surface area (Å²) in [5.74, 6) is -2.48. The number of halogens is 2. The lowest BCUT2D eigenvalue weighted by Crippen LogP contribution is -3.14. The van der Waals surface area contributed by atoms with Crippen LogP contribution in [0, 0.1) is 5.82 Å². The molecule has 2 heterocycles. The second-order valence-corrected chi connectivity index (χ2v) is 8.08. The number of carbonyl (C=O) groups is 2. The largest absolute Gasteiger partial charge is 0.872 e. The average molecular weight is 445 g/mol. The molecule has 0 bridgehead atoms. The summed E-state index contributed by atoms with van der Waals surface area (Å²) in [6, 6.07) is 10.9. The van der Waals surface area contributed by atoms with E-state index >= 15 is 0 Å². The standard InChI is InChI=1S/C23H22ClFN2O4/c24-17-5-1-16(2-6-17)21(28)19-20(15-3-7-18(25)8-4-15)27(23(30)22(19)29)10-9-26-11-13-31-14-12-26/h1-8,20,28H,9-14H2. The van der Waals surface area contributed by atoms with Gasteiger partial charge in [0.15, 0.2) is 0 Å². The van der Waals surface area contributed by atoms with Gasteiger partial charge in [0.05, 0.1) is 32.3 Å². The molecule has 162 valence electrons. The molecular formula is C23H22ClFN2O4. The number of ether oxygens (including phenoxy) is 1. The minimum absolute atomic E-state index is 0.115. The molecule has 2 aromatic carbocycles. The maximum atomic E-state index is 13.5. The lowest BCUT2D eigenvalue weighted by Gasteiger charge is -2.30. The number of nitrogens with one attached hydrogen (secondary N) is 1. The minimum atomic E-state index is -0.857. The number of likely N-dealkylation sites (tertiary alicyclic amines) is 1. The molecule has 2 aliphatic rings. The fourth-order valence-electron chi connectivity index (χ4n) is 4.04. The van der Waals surface area contributed by atoms with Crippen LogP contribution in [0.1, 0.15) is 17.2 Å². The maximum Gasteiger partial charge on any atom is 0.295 e. The minimum Gasteiger partial charge on any atom is -0.872 e. The van der Waals surface area contributed by atoms with E-state index in [0.717, 1.165) is 13.1 Å². The van der Waals surface area contributed by atoms with Crippen molar-refractivity contribution in [2.75, 3.05) is 39.4 Å². The third kappa shape index (κ3) is 4.49. The van der Waals surface area contributed by atoms with Gasteiger partial charge >= 0.3 is 0 Å². The molecule has 1 N–H and O–H groups in total. The predicted octanol–water partition coefficient (Wildman–Crippen LogP) is 0.618. The second-order valence-electron chi connectivity index (χ2n) is 7.64. The second kappa shape index (κ2) is 9.18. The molecule has 1 unspecified atom stereocenters. The van der Waals surface area contributed by atoms with Crippen LogP contribution in [0.15, 0.2) is 54.1 Å². The first kappa shape index (κ1) is 21.5. The van der Waals surface area contributed by atoms with Gasteiger partial charge in [-0.25, -0.2) is 4.39 Å². The van der Waals surface area contributed by atoms with E-state index < -0.39 is 29.3 Å². The molecule has 4 rings (SSSR count). The van der Waals surface area contributed by atoms with Crippen molar-refractivity contribution in [3.05, 3.63) is 76.1 Å². The number of Topliss-reactive ketones (excluding diaryl/α,β-unsaturated/α-hetero) is 1. The van der Waals surface area contributed by atoms with Crippen LogP contribution in [0.25, 0.3) is 5.76 Å². The van der Waals surface area contributed by atoms with Gasteiger partial charge in [0.25, 0.3) is 5.91 Å². The van der Waals surface area contributed by atoms with Gasteiger partial charge in [0.2, 0.25) is 5.78 Å². The van der Waals surface area contributed by atoms with E-state index in [4.69, 9.17) is 16.3 Å². The number of rotatable bonds is 5. The summed E-state index contributed by atoms with van der Waals surface area (Å²) in [5.41, 5.74) is 0.680. The zero-order chi connectivity index (χ0) is 22.0. The SMILES string of the molecule is O=C1C(=O)N(CC[NH+]2CCOCC2)C(c2ccc(F)cc2)C1=C([O-])c1ccc(Cl)cc1. The van der Waals surface area contributed by atoms with Crippen LogP contribution >= 0.6 is 11.6 Å². The number of hydrogen-bond donors (Lipinski definition) is 1. The summed E-state index contributed by atoms with van der Waals surface area (Å²) in [6.07, 6.45) is 0. The van der Waals surface area contributed by atoms with Gasteiger partial charge in [-0.05, 0) is 35.4 Å². The molecule has 0 saturated carbocycles. The number of hydrogen-bond acceptors (Lipinski definition) is 4. The summed E-state index contributed by atoms with van der Waals surface area (Å²) in [4.78, 5) is 28.5. The van der Waals surface area contributed by atoms with E-state index in [1.165, 1.54) is 46.2 Å². The van der Waals surface area contributed by atoms with E-state index in [9.17, 15) is 19.1 Å². The Morgan fingerprint density at radius 1 is 1.10 bits per heavy atom. The molecule has 1 atom stereocenters. The first-order valence-electron chi connectivity index (χ1n) is 10.1. The van der Waals surface area contributed by atoms with Crippen LogP contribution in [-0.2, 0) is 14.3 Å². The van der Waals surface area contributed by atoms with Crippen LogP contribution in [0.2, 0.25) is 5.02 Å². The monoisotopic (exact) mass is 444 g/mol. The van der Waals surface area contributed by atoms with E-state index in [1.54, 1.807) is 12.1 Å². The van der Waals surface area contributed by atoms with Crippen LogP contribution in [0.4, 0.5) is 4.39 Å². The van der Waals surface area contributed by atoms with Crippen molar-refractivity contribution in [1.29, 1.82) is 0 Å². The molecule has 0 aromatic heterocycles.